The molecule has 110 valence electrons. The average molecular weight is 302 g/mol. The molecule has 0 aliphatic heterocycles. The fourth-order valence-corrected chi connectivity index (χ4v) is 4.33. The van der Waals surface area contributed by atoms with Crippen molar-refractivity contribution in [3.8, 4) is 12.3 Å². The summed E-state index contributed by atoms with van der Waals surface area (Å²) in [5, 5.41) is 2.81. The van der Waals surface area contributed by atoms with Crippen molar-refractivity contribution < 1.29 is 5.32 Å². The van der Waals surface area contributed by atoms with Gasteiger partial charge in [0.25, 0.3) is 5.56 Å². The van der Waals surface area contributed by atoms with E-state index in [9.17, 15) is 4.79 Å². The number of aromatic nitrogens is 2. The molecule has 4 nitrogen and oxygen atoms in total. The van der Waals surface area contributed by atoms with Gasteiger partial charge in [0, 0.05) is 4.88 Å². The molecule has 3 N–H and O–H groups in total. The first kappa shape index (κ1) is 14.3. The summed E-state index contributed by atoms with van der Waals surface area (Å²) in [4.78, 5) is 22.3. The van der Waals surface area contributed by atoms with Gasteiger partial charge in [0.2, 0.25) is 0 Å². The number of H-pyrrole nitrogens is 1. The molecule has 0 fully saturated rings. The third-order valence-electron chi connectivity index (χ3n) is 4.20. The molecule has 1 aliphatic rings. The number of quaternary nitrogens is 1. The maximum Gasteiger partial charge on any atom is 0.260 e. The van der Waals surface area contributed by atoms with Crippen molar-refractivity contribution in [3.05, 3.63) is 26.6 Å². The molecule has 2 aromatic rings. The molecule has 0 unspecified atom stereocenters. The van der Waals surface area contributed by atoms with Crippen LogP contribution in [0, 0.1) is 18.3 Å². The number of fused-ring (bicyclic) bond motifs is 3. The van der Waals surface area contributed by atoms with Crippen LogP contribution in [0.5, 0.6) is 0 Å². The van der Waals surface area contributed by atoms with Crippen LogP contribution in [0.3, 0.4) is 0 Å². The molecular weight excluding hydrogens is 282 g/mol. The lowest BCUT2D eigenvalue weighted by molar-refractivity contribution is -0.683. The summed E-state index contributed by atoms with van der Waals surface area (Å²) >= 11 is 1.69. The lowest BCUT2D eigenvalue weighted by Gasteiger charge is -2.17. The van der Waals surface area contributed by atoms with E-state index in [1.165, 1.54) is 10.4 Å². The molecule has 0 saturated carbocycles. The Balaban J connectivity index is 2.05. The van der Waals surface area contributed by atoms with E-state index in [0.29, 0.717) is 12.5 Å². The molecular formula is C16H20N3OS+. The second-order valence-corrected chi connectivity index (χ2v) is 7.00. The molecule has 2 aromatic heterocycles. The first-order chi connectivity index (χ1) is 10.1. The quantitative estimate of drug-likeness (QED) is 0.841. The molecule has 0 saturated heterocycles. The van der Waals surface area contributed by atoms with Crippen LogP contribution in [-0.4, -0.2) is 16.5 Å². The van der Waals surface area contributed by atoms with Crippen molar-refractivity contribution in [1.29, 1.82) is 0 Å². The zero-order chi connectivity index (χ0) is 15.0. The number of aromatic amines is 1. The first-order valence-electron chi connectivity index (χ1n) is 7.41. The maximum atomic E-state index is 12.4. The van der Waals surface area contributed by atoms with Gasteiger partial charge < -0.3 is 10.3 Å². The van der Waals surface area contributed by atoms with Crippen LogP contribution in [0.25, 0.3) is 10.2 Å². The van der Waals surface area contributed by atoms with Crippen molar-refractivity contribution in [3.63, 3.8) is 0 Å². The molecule has 2 atom stereocenters. The number of nitrogens with two attached hydrogens (primary N) is 1. The van der Waals surface area contributed by atoms with Crippen molar-refractivity contribution in [1.82, 2.24) is 9.97 Å². The van der Waals surface area contributed by atoms with Crippen molar-refractivity contribution in [2.24, 2.45) is 5.92 Å². The first-order valence-corrected chi connectivity index (χ1v) is 8.23. The number of rotatable bonds is 3. The number of aryl methyl sites for hydroxylation is 1. The number of terminal acetylenes is 1. The smallest absolute Gasteiger partial charge is 0.260 e. The van der Waals surface area contributed by atoms with Crippen LogP contribution in [0.1, 0.15) is 42.6 Å². The van der Waals surface area contributed by atoms with E-state index in [2.05, 4.69) is 22.8 Å². The number of nitrogens with one attached hydrogen (secondary N) is 1. The van der Waals surface area contributed by atoms with Gasteiger partial charge in [0.05, 0.1) is 5.39 Å². The Hall–Kier alpha value is -1.64. The molecule has 0 amide bonds. The minimum absolute atomic E-state index is 0.00279. The Labute approximate surface area is 128 Å². The molecule has 5 heteroatoms. The van der Waals surface area contributed by atoms with Gasteiger partial charge in [-0.25, -0.2) is 4.98 Å². The molecule has 1 aliphatic carbocycles. The predicted octanol–water partition coefficient (Wildman–Crippen LogP) is 1.37. The van der Waals surface area contributed by atoms with Crippen molar-refractivity contribution >= 4 is 21.6 Å². The van der Waals surface area contributed by atoms with Gasteiger partial charge in [-0.3, -0.25) is 4.79 Å². The highest BCUT2D eigenvalue weighted by molar-refractivity contribution is 7.18. The summed E-state index contributed by atoms with van der Waals surface area (Å²) < 4.78 is 0. The lowest BCUT2D eigenvalue weighted by atomic mass is 9.89. The number of hydrogen-bond acceptors (Lipinski definition) is 3. The zero-order valence-electron chi connectivity index (χ0n) is 12.4. The number of thiophene rings is 1. The zero-order valence-corrected chi connectivity index (χ0v) is 13.2. The minimum Gasteiger partial charge on any atom is -0.328 e. The van der Waals surface area contributed by atoms with E-state index in [-0.39, 0.29) is 11.6 Å². The minimum atomic E-state index is 0.00279. The lowest BCUT2D eigenvalue weighted by Crippen LogP contribution is -2.84. The largest absolute Gasteiger partial charge is 0.328 e. The van der Waals surface area contributed by atoms with Gasteiger partial charge in [-0.15, -0.1) is 17.8 Å². The van der Waals surface area contributed by atoms with E-state index in [4.69, 9.17) is 6.42 Å². The van der Waals surface area contributed by atoms with Gasteiger partial charge in [-0.05, 0) is 43.6 Å². The highest BCUT2D eigenvalue weighted by Gasteiger charge is 2.24. The Morgan fingerprint density at radius 2 is 2.43 bits per heavy atom. The van der Waals surface area contributed by atoms with Crippen molar-refractivity contribution in [2.75, 3.05) is 6.54 Å². The molecule has 0 radical (unpaired) electrons. The summed E-state index contributed by atoms with van der Waals surface area (Å²) in [5.41, 5.74) is 1.23. The van der Waals surface area contributed by atoms with E-state index >= 15 is 0 Å². The van der Waals surface area contributed by atoms with E-state index < -0.39 is 0 Å². The Kier molecular flexibility index (Phi) is 3.83. The fourth-order valence-electron chi connectivity index (χ4n) is 2.94. The van der Waals surface area contributed by atoms with E-state index in [1.807, 2.05) is 12.2 Å². The topological polar surface area (TPSA) is 62.4 Å². The molecule has 0 bridgehead atoms. The van der Waals surface area contributed by atoms with Crippen LogP contribution in [0.15, 0.2) is 4.79 Å². The Bertz CT molecular complexity index is 768. The van der Waals surface area contributed by atoms with Gasteiger partial charge in [-0.1, -0.05) is 6.92 Å². The highest BCUT2D eigenvalue weighted by Crippen LogP contribution is 2.35. The van der Waals surface area contributed by atoms with E-state index in [1.54, 1.807) is 11.3 Å². The third kappa shape index (κ3) is 2.61. The molecule has 2 heterocycles. The predicted molar refractivity (Wildman–Crippen MR) is 85.5 cm³/mol. The van der Waals surface area contributed by atoms with Crippen LogP contribution in [0.2, 0.25) is 0 Å². The fraction of sp³-hybridized carbons (Fsp3) is 0.500. The number of nitrogens with zero attached hydrogens (tertiary/aromatic N) is 1. The van der Waals surface area contributed by atoms with Gasteiger partial charge in [-0.2, -0.15) is 0 Å². The van der Waals surface area contributed by atoms with Gasteiger partial charge >= 0.3 is 0 Å². The van der Waals surface area contributed by atoms with Crippen LogP contribution < -0.4 is 10.9 Å². The molecule has 0 aromatic carbocycles. The molecule has 0 spiro atoms. The highest BCUT2D eigenvalue weighted by atomic mass is 32.1. The standard InChI is InChI=1S/C16H19N3OS/c1-4-7-17-10(3)14-18-15(20)13-11-6-5-9(2)8-12(11)21-16(13)19-14/h1,9-10,17H,5-8H2,2-3H3,(H,18,19,20)/p+1/t9-,10-/m1/s1. The normalized spacial score (nSPS) is 19.2. The Morgan fingerprint density at radius 3 is 3.19 bits per heavy atom. The maximum absolute atomic E-state index is 12.4. The summed E-state index contributed by atoms with van der Waals surface area (Å²) in [6.07, 6.45) is 8.51. The summed E-state index contributed by atoms with van der Waals surface area (Å²) in [5.74, 6) is 4.01. The van der Waals surface area contributed by atoms with Crippen LogP contribution >= 0.6 is 11.3 Å². The average Bonchev–Trinajstić information content (AvgIpc) is 2.82. The van der Waals surface area contributed by atoms with Gasteiger partial charge in [0.1, 0.15) is 17.4 Å². The summed E-state index contributed by atoms with van der Waals surface area (Å²) in [6, 6.07) is 0.0659. The van der Waals surface area contributed by atoms with E-state index in [0.717, 1.165) is 35.3 Å². The monoisotopic (exact) mass is 302 g/mol. The Morgan fingerprint density at radius 1 is 1.62 bits per heavy atom. The molecule has 3 rings (SSSR count). The summed E-state index contributed by atoms with van der Waals surface area (Å²) in [6.45, 7) is 4.87. The van der Waals surface area contributed by atoms with Gasteiger partial charge in [0.15, 0.2) is 5.82 Å². The summed E-state index contributed by atoms with van der Waals surface area (Å²) in [7, 11) is 0. The van der Waals surface area contributed by atoms with Crippen LogP contribution in [0.4, 0.5) is 0 Å². The van der Waals surface area contributed by atoms with Crippen LogP contribution in [-0.2, 0) is 12.8 Å². The second-order valence-electron chi connectivity index (χ2n) is 5.92. The number of hydrogen-bond donors (Lipinski definition) is 2. The van der Waals surface area contributed by atoms with Crippen molar-refractivity contribution in [2.45, 2.75) is 39.2 Å². The molecule has 21 heavy (non-hydrogen) atoms. The SMILES string of the molecule is C#CC[NH2+][C@H](C)c1nc2sc3c(c2c(=O)[nH]1)CC[C@@H](C)C3. The third-order valence-corrected chi connectivity index (χ3v) is 5.35. The second kappa shape index (κ2) is 5.63.